The molecule has 115 heavy (non-hydrogen) atoms. The van der Waals surface area contributed by atoms with Gasteiger partial charge in [0.05, 0.1) is 40.8 Å². The Morgan fingerprint density at radius 3 is 1.88 bits per heavy atom. The van der Waals surface area contributed by atoms with Crippen LogP contribution in [0.3, 0.4) is 0 Å². The van der Waals surface area contributed by atoms with Gasteiger partial charge in [0, 0.05) is 59.0 Å². The van der Waals surface area contributed by atoms with Crippen LogP contribution < -0.4 is 68.5 Å². The molecular formula is C75H98Cl2N12O24SV. The number of carboxylic acid groups (broad SMARTS) is 1. The van der Waals surface area contributed by atoms with Crippen molar-refractivity contribution in [2.75, 3.05) is 12.8 Å². The number of likely N-dealkylation sites (N-methyl/N-ethyl adjacent to an activating group) is 1. The van der Waals surface area contributed by atoms with Gasteiger partial charge < -0.3 is 123 Å². The molecule has 18 atom stereocenters. The number of aliphatic hydroxyl groups excluding tert-OH is 5. The molecule has 1 radical (unpaired) electrons. The standard InChI is InChI=1S/C70H78Cl2N12O24S.5CH4.V/c1-24(2)13-36(75-6)61(95)80-51-53(89)28-8-11-40(34(71)15-28)104-42-17-30-18-43(57(42)108-68-58(107-46-22-70(5,74)59(93)26(4)103-46)56(92)55(91)44(106-68)23-109-69-82-60(94)25(3)83-84-69)105-41-12-9-29(16-35(41)72)54(90)52-66(100)79-50(67(101)102)33-19-31(85)20-39(87)47(33)32-14-27(7-10-38(32)86)48(63(97)81-52)78-64(98)49(30)77-62(96)37(21-45(73)88)76-65(51)99;;;;;;/h7-12,14-20,24,26,36-37,44,46,48-56,58-59,68,75,85-87,89-93H,13,21-23,74H2,1-6H3,(H2,73,88)(H,76,99)(H,77,96)(H,78,98)(H,79,100)(H,80,95)(H,81,97)(H,101,102)(H,82,84,94);5*1H4;/t26?,36-,37-,44?,46?,48+,49+,50+,51+,52-,53+,54+,55?,56?,58?,59?,68?,70?;;;;;;/m0....../s1. The molecule has 2 saturated heterocycles. The SMILES string of the molecule is C.C.C.C.C.CN[C@@H](CC(C)C)C(=O)N[C@H]1C(=O)N[C@@H](CC(N)=O)C(=O)N[C@H]2C(=O)N[C@H]3C(=O)N[C@H](C(=O)N[C@@H](C(=O)O)c4cc(O)cc(O)c4-c4cc3ccc4O)[C@H](O)c3ccc(c(Cl)c3)Oc3cc2cc(c3OC2OC(CSc3nnc(C)c(=O)[nH]3)C(O)C(O)C2OC2CC(C)(N)C(O)C(C)O2)Oc2ccc(cc2Cl)[C@H]1O.[V]. The Labute approximate surface area is 687 Å². The predicted molar refractivity (Wildman–Crippen MR) is 414 cm³/mol. The first-order valence-electron chi connectivity index (χ1n) is 33.9. The number of H-pyrrole nitrogens is 1. The molecule has 0 spiro atoms. The number of phenols is 3. The van der Waals surface area contributed by atoms with Gasteiger partial charge in [0.15, 0.2) is 35.1 Å². The van der Waals surface area contributed by atoms with Crippen LogP contribution in [0.4, 0.5) is 0 Å². The molecule has 13 rings (SSSR count). The van der Waals surface area contributed by atoms with Crippen molar-refractivity contribution in [1.82, 2.24) is 52.4 Å². The quantitative estimate of drug-likeness (QED) is 0.0649. The van der Waals surface area contributed by atoms with Gasteiger partial charge in [0.1, 0.15) is 89.1 Å². The molecule has 7 aliphatic heterocycles. The fourth-order valence-corrected chi connectivity index (χ4v) is 14.4. The van der Waals surface area contributed by atoms with Crippen LogP contribution >= 0.6 is 35.0 Å². The van der Waals surface area contributed by atoms with Gasteiger partial charge in [-0.25, -0.2) is 4.79 Å². The van der Waals surface area contributed by atoms with Gasteiger partial charge in [-0.2, -0.15) is 0 Å². The van der Waals surface area contributed by atoms with E-state index in [0.29, 0.717) is 0 Å². The van der Waals surface area contributed by atoms with Crippen molar-refractivity contribution in [3.05, 3.63) is 133 Å². The van der Waals surface area contributed by atoms with Gasteiger partial charge >= 0.3 is 5.97 Å². The summed E-state index contributed by atoms with van der Waals surface area (Å²) in [7, 11) is 1.47. The number of aromatic hydroxyl groups is 3. The van der Waals surface area contributed by atoms with E-state index in [-0.39, 0.29) is 119 Å². The molecule has 2 fully saturated rings. The van der Waals surface area contributed by atoms with Gasteiger partial charge in [-0.1, -0.05) is 104 Å². The van der Waals surface area contributed by atoms with E-state index < -0.39 is 236 Å². The largest absolute Gasteiger partial charge is 0.508 e. The number of carbonyl (C=O) groups excluding carboxylic acids is 7. The molecule has 9 unspecified atom stereocenters. The van der Waals surface area contributed by atoms with Crippen LogP contribution in [0.15, 0.2) is 88.8 Å². The average Bonchev–Trinajstić information content (AvgIpc) is 0.764. The summed E-state index contributed by atoms with van der Waals surface area (Å²) >= 11 is 15.1. The number of carboxylic acids is 1. The number of halogens is 2. The molecule has 0 aliphatic carbocycles. The number of aliphatic carboxylic acids is 1. The third-order valence-electron chi connectivity index (χ3n) is 18.8. The van der Waals surface area contributed by atoms with Crippen LogP contribution in [0.5, 0.6) is 46.0 Å². The van der Waals surface area contributed by atoms with Crippen molar-refractivity contribution < 1.29 is 131 Å². The number of benzene rings is 5. The van der Waals surface area contributed by atoms with Crippen LogP contribution in [0.2, 0.25) is 10.0 Å². The Morgan fingerprint density at radius 1 is 0.713 bits per heavy atom. The second-order valence-electron chi connectivity index (χ2n) is 27.4. The van der Waals surface area contributed by atoms with Gasteiger partial charge in [0.25, 0.3) is 5.56 Å². The van der Waals surface area contributed by atoms with E-state index in [4.69, 9.17) is 63.1 Å². The van der Waals surface area contributed by atoms with E-state index >= 15 is 14.4 Å². The van der Waals surface area contributed by atoms with E-state index in [0.717, 1.165) is 78.5 Å². The number of thioether (sulfide) groups is 1. The summed E-state index contributed by atoms with van der Waals surface area (Å²) in [6, 6.07) is -0.770. The fourth-order valence-electron chi connectivity index (χ4n) is 13.1. The molecule has 8 heterocycles. The molecule has 0 saturated carbocycles. The topological polar surface area (TPSA) is 569 Å². The number of aliphatic hydroxyl groups is 5. The van der Waals surface area contributed by atoms with E-state index in [2.05, 4.69) is 52.4 Å². The van der Waals surface area contributed by atoms with E-state index in [1.807, 2.05) is 13.8 Å². The molecular weight excluding hydrogens is 1610 g/mol. The van der Waals surface area contributed by atoms with Crippen LogP contribution in [0.1, 0.15) is 148 Å². The number of phenolic OH excluding ortho intramolecular Hbond substituents is 3. The second-order valence-corrected chi connectivity index (χ2v) is 29.2. The number of fused-ring (bicyclic) bond motifs is 15. The number of rotatable bonds is 15. The monoisotopic (exact) mass is 1700 g/mol. The van der Waals surface area contributed by atoms with E-state index in [1.165, 1.54) is 40.0 Å². The summed E-state index contributed by atoms with van der Waals surface area (Å²) in [5.41, 5.74) is 7.45. The maximum atomic E-state index is 16.2. The summed E-state index contributed by atoms with van der Waals surface area (Å²) in [4.78, 5) is 133. The number of amides is 7. The molecule has 40 heteroatoms. The predicted octanol–water partition coefficient (Wildman–Crippen LogP) is 3.87. The van der Waals surface area contributed by atoms with Crippen LogP contribution in [0.25, 0.3) is 11.1 Å². The number of ether oxygens (including phenoxy) is 6. The zero-order chi connectivity index (χ0) is 79.1. The number of aryl methyl sites for hydroxylation is 1. The van der Waals surface area contributed by atoms with Crippen LogP contribution in [0, 0.1) is 12.8 Å². The molecule has 5 aromatic carbocycles. The Kier molecular flexibility index (Phi) is 33.0. The normalized spacial score (nSPS) is 26.7. The van der Waals surface area contributed by atoms with Gasteiger partial charge in [-0.15, -0.1) is 10.2 Å². The molecule has 36 nitrogen and oxygen atoms in total. The Hall–Kier alpha value is -9.42. The molecule has 21 N–H and O–H groups in total. The first-order valence-corrected chi connectivity index (χ1v) is 35.6. The van der Waals surface area contributed by atoms with Crippen molar-refractivity contribution in [3.63, 3.8) is 0 Å². The number of aromatic nitrogens is 3. The maximum Gasteiger partial charge on any atom is 0.330 e. The number of nitrogens with zero attached hydrogens (tertiary/aromatic N) is 2. The number of nitrogens with two attached hydrogens (primary N) is 2. The minimum Gasteiger partial charge on any atom is -0.508 e. The number of aromatic amines is 1. The Bertz CT molecular complexity index is 4650. The summed E-state index contributed by atoms with van der Waals surface area (Å²) in [6.07, 6.45) is -18.6. The maximum absolute atomic E-state index is 16.2. The minimum atomic E-state index is -2.37. The fraction of sp³-hybridized carbons (Fsp3) is 0.453. The number of hydrogen-bond acceptors (Lipinski definition) is 28. The smallest absolute Gasteiger partial charge is 0.330 e. The molecule has 11 bridgehead atoms. The Morgan fingerprint density at radius 2 is 1.30 bits per heavy atom. The number of nitrogens with one attached hydrogen (secondary N) is 8. The van der Waals surface area contributed by atoms with Crippen molar-refractivity contribution >= 4 is 82.3 Å². The number of primary amides is 1. The molecule has 1 aromatic heterocycles. The molecule has 7 amide bonds. The third-order valence-corrected chi connectivity index (χ3v) is 20.4. The van der Waals surface area contributed by atoms with Crippen molar-refractivity contribution in [1.29, 1.82) is 0 Å². The third kappa shape index (κ3) is 21.1. The van der Waals surface area contributed by atoms with Gasteiger partial charge in [-0.3, -0.25) is 43.3 Å². The number of carbonyl (C=O) groups is 8. The first-order chi connectivity index (χ1) is 51.5. The van der Waals surface area contributed by atoms with Crippen LogP contribution in [-0.4, -0.2) is 200 Å². The average molecular weight is 1710 g/mol. The summed E-state index contributed by atoms with van der Waals surface area (Å²) in [5.74, 6) is -16.5. The second kappa shape index (κ2) is 39.5. The summed E-state index contributed by atoms with van der Waals surface area (Å²) < 4.78 is 39.4. The zero-order valence-corrected chi connectivity index (χ0v) is 62.8. The van der Waals surface area contributed by atoms with Crippen LogP contribution in [-0.2, 0) is 71.1 Å². The molecule has 6 aromatic rings. The zero-order valence-electron chi connectivity index (χ0n) is 59.0. The van der Waals surface area contributed by atoms with Crippen molar-refractivity contribution in [2.24, 2.45) is 17.4 Å². The minimum absolute atomic E-state index is 0. The van der Waals surface area contributed by atoms with Gasteiger partial charge in [-0.05, 0) is 117 Å². The van der Waals surface area contributed by atoms with Crippen molar-refractivity contribution in [3.8, 4) is 57.1 Å². The van der Waals surface area contributed by atoms with Gasteiger partial charge in [0.2, 0.25) is 53.4 Å². The molecule has 7 aliphatic rings. The Balaban J connectivity index is 0.00000393. The number of hydrogen-bond donors (Lipinski definition) is 19. The first kappa shape index (κ1) is 96.2. The summed E-state index contributed by atoms with van der Waals surface area (Å²) in [6.45, 7) is 8.04. The van der Waals surface area contributed by atoms with Crippen molar-refractivity contribution in [2.45, 2.75) is 205 Å². The van der Waals surface area contributed by atoms with E-state index in [1.54, 1.807) is 0 Å². The molecule has 627 valence electrons. The summed E-state index contributed by atoms with van der Waals surface area (Å²) in [5, 5.41) is 129. The van der Waals surface area contributed by atoms with E-state index in [9.17, 15) is 74.7 Å².